The number of non-ortho nitro benzene ring substituents is 1. The summed E-state index contributed by atoms with van der Waals surface area (Å²) in [4.78, 5) is 38.6. The number of benzene rings is 3. The summed E-state index contributed by atoms with van der Waals surface area (Å²) in [5, 5.41) is 14.5. The number of carbonyl (C=O) groups excluding carboxylic acids is 2. The Labute approximate surface area is 238 Å². The van der Waals surface area contributed by atoms with Gasteiger partial charge < -0.3 is 10.2 Å². The summed E-state index contributed by atoms with van der Waals surface area (Å²) in [6.07, 6.45) is 0. The quantitative estimate of drug-likeness (QED) is 0.243. The molecule has 0 bridgehead atoms. The van der Waals surface area contributed by atoms with Gasteiger partial charge in [-0.15, -0.1) is 0 Å². The fourth-order valence-electron chi connectivity index (χ4n) is 3.81. The van der Waals surface area contributed by atoms with E-state index in [1.54, 1.807) is 49.4 Å². The van der Waals surface area contributed by atoms with Crippen LogP contribution in [0.25, 0.3) is 0 Å². The molecule has 1 N–H and O–H groups in total. The molecule has 0 unspecified atom stereocenters. The van der Waals surface area contributed by atoms with Crippen molar-refractivity contribution >= 4 is 44.8 Å². The highest BCUT2D eigenvalue weighted by Gasteiger charge is 2.32. The lowest BCUT2D eigenvalue weighted by atomic mass is 10.1. The number of nitro benzene ring substituents is 1. The highest BCUT2D eigenvalue weighted by atomic mass is 35.5. The molecule has 0 heterocycles. The standard InChI is InChI=1S/C28H31ClN4O6S/c1-20(2)17-30-28(35)21(3)31(18-22-9-11-23(29)12-10-22)27(34)19-32(24-13-15-25(16-14-24)33(36)37)40(38,39)26-7-5-4-6-8-26/h4-16,20-21H,17-19H2,1-3H3,(H,30,35)/t21-/m1/s1. The molecular weight excluding hydrogens is 556 g/mol. The van der Waals surface area contributed by atoms with Crippen LogP contribution in [0.4, 0.5) is 11.4 Å². The fourth-order valence-corrected chi connectivity index (χ4v) is 5.37. The minimum absolute atomic E-state index is 0.0196. The summed E-state index contributed by atoms with van der Waals surface area (Å²) in [6, 6.07) is 18.3. The smallest absolute Gasteiger partial charge is 0.269 e. The number of amides is 2. The molecule has 2 amide bonds. The predicted octanol–water partition coefficient (Wildman–Crippen LogP) is 4.63. The zero-order chi connectivity index (χ0) is 29.4. The van der Waals surface area contributed by atoms with E-state index in [-0.39, 0.29) is 34.6 Å². The van der Waals surface area contributed by atoms with E-state index in [0.717, 1.165) is 4.31 Å². The number of hydrogen-bond donors (Lipinski definition) is 1. The molecule has 3 aromatic carbocycles. The second-order valence-electron chi connectivity index (χ2n) is 9.56. The molecule has 212 valence electrons. The van der Waals surface area contributed by atoms with Crippen LogP contribution in [0.2, 0.25) is 5.02 Å². The molecule has 0 saturated heterocycles. The summed E-state index contributed by atoms with van der Waals surface area (Å²) in [5.74, 6) is -0.839. The zero-order valence-corrected chi connectivity index (χ0v) is 23.9. The van der Waals surface area contributed by atoms with Crippen LogP contribution in [0.1, 0.15) is 26.3 Å². The maximum atomic E-state index is 13.8. The molecule has 3 aromatic rings. The maximum absolute atomic E-state index is 13.8. The molecule has 0 aliphatic carbocycles. The van der Waals surface area contributed by atoms with Gasteiger partial charge in [-0.25, -0.2) is 8.42 Å². The van der Waals surface area contributed by atoms with Gasteiger partial charge in [0.15, 0.2) is 0 Å². The van der Waals surface area contributed by atoms with E-state index in [2.05, 4.69) is 5.32 Å². The third kappa shape index (κ3) is 7.80. The third-order valence-electron chi connectivity index (χ3n) is 6.08. The van der Waals surface area contributed by atoms with Gasteiger partial charge in [-0.1, -0.05) is 55.8 Å². The van der Waals surface area contributed by atoms with Crippen LogP contribution in [-0.4, -0.2) is 49.2 Å². The molecule has 0 saturated carbocycles. The minimum Gasteiger partial charge on any atom is -0.354 e. The van der Waals surface area contributed by atoms with Crippen LogP contribution in [-0.2, 0) is 26.2 Å². The minimum atomic E-state index is -4.26. The first-order valence-corrected chi connectivity index (χ1v) is 14.4. The van der Waals surface area contributed by atoms with Gasteiger partial charge in [0.25, 0.3) is 15.7 Å². The molecule has 10 nitrogen and oxygen atoms in total. The van der Waals surface area contributed by atoms with Crippen molar-refractivity contribution in [1.82, 2.24) is 10.2 Å². The number of sulfonamides is 1. The van der Waals surface area contributed by atoms with Crippen molar-refractivity contribution in [3.8, 4) is 0 Å². The van der Waals surface area contributed by atoms with Gasteiger partial charge in [-0.3, -0.25) is 24.0 Å². The Morgan fingerprint density at radius 3 is 2.10 bits per heavy atom. The van der Waals surface area contributed by atoms with E-state index in [9.17, 15) is 28.1 Å². The van der Waals surface area contributed by atoms with Gasteiger partial charge in [0.1, 0.15) is 12.6 Å². The second-order valence-corrected chi connectivity index (χ2v) is 11.9. The Balaban J connectivity index is 2.01. The van der Waals surface area contributed by atoms with Crippen molar-refractivity contribution in [2.75, 3.05) is 17.4 Å². The monoisotopic (exact) mass is 586 g/mol. The highest BCUT2D eigenvalue weighted by molar-refractivity contribution is 7.92. The number of hydrogen-bond acceptors (Lipinski definition) is 6. The van der Waals surface area contributed by atoms with Crippen LogP contribution in [0.3, 0.4) is 0 Å². The average Bonchev–Trinajstić information content (AvgIpc) is 2.94. The van der Waals surface area contributed by atoms with Crippen molar-refractivity contribution in [3.63, 3.8) is 0 Å². The van der Waals surface area contributed by atoms with Gasteiger partial charge in [-0.2, -0.15) is 0 Å². The van der Waals surface area contributed by atoms with Crippen molar-refractivity contribution in [1.29, 1.82) is 0 Å². The van der Waals surface area contributed by atoms with Crippen molar-refractivity contribution in [2.45, 2.75) is 38.3 Å². The van der Waals surface area contributed by atoms with Gasteiger partial charge in [0.2, 0.25) is 11.8 Å². The third-order valence-corrected chi connectivity index (χ3v) is 8.12. The van der Waals surface area contributed by atoms with Crippen molar-refractivity contribution in [2.24, 2.45) is 5.92 Å². The number of nitrogens with one attached hydrogen (secondary N) is 1. The lowest BCUT2D eigenvalue weighted by Gasteiger charge is -2.32. The van der Waals surface area contributed by atoms with Crippen LogP contribution in [0, 0.1) is 16.0 Å². The van der Waals surface area contributed by atoms with E-state index in [4.69, 9.17) is 11.6 Å². The molecule has 0 aliphatic rings. The first kappa shape index (κ1) is 30.6. The van der Waals surface area contributed by atoms with Crippen LogP contribution in [0.5, 0.6) is 0 Å². The van der Waals surface area contributed by atoms with Crippen molar-refractivity contribution in [3.05, 3.63) is 99.6 Å². The SMILES string of the molecule is CC(C)CNC(=O)[C@@H](C)N(Cc1ccc(Cl)cc1)C(=O)CN(c1ccc([N+](=O)[O-])cc1)S(=O)(=O)c1ccccc1. The Hall–Kier alpha value is -3.96. The summed E-state index contributed by atoms with van der Waals surface area (Å²) in [7, 11) is -4.26. The van der Waals surface area contributed by atoms with Crippen LogP contribution < -0.4 is 9.62 Å². The van der Waals surface area contributed by atoms with E-state index >= 15 is 0 Å². The Kier molecular flexibility index (Phi) is 10.2. The molecule has 40 heavy (non-hydrogen) atoms. The molecule has 12 heteroatoms. The van der Waals surface area contributed by atoms with E-state index in [1.807, 2.05) is 13.8 Å². The fraction of sp³-hybridized carbons (Fsp3) is 0.286. The second kappa shape index (κ2) is 13.4. The molecule has 1 atom stereocenters. The number of rotatable bonds is 12. The summed E-state index contributed by atoms with van der Waals surface area (Å²) in [5.41, 5.74) is 0.521. The van der Waals surface area contributed by atoms with Gasteiger partial charge in [-0.05, 0) is 54.8 Å². The molecule has 0 spiro atoms. The predicted molar refractivity (Wildman–Crippen MR) is 153 cm³/mol. The van der Waals surface area contributed by atoms with Crippen LogP contribution >= 0.6 is 11.6 Å². The Bertz CT molecular complexity index is 1430. The summed E-state index contributed by atoms with van der Waals surface area (Å²) < 4.78 is 28.3. The number of anilines is 1. The first-order chi connectivity index (χ1) is 18.9. The molecule has 0 radical (unpaired) electrons. The molecule has 0 fully saturated rings. The summed E-state index contributed by atoms with van der Waals surface area (Å²) >= 11 is 6.01. The molecule has 0 aliphatic heterocycles. The van der Waals surface area contributed by atoms with Gasteiger partial charge >= 0.3 is 0 Å². The summed E-state index contributed by atoms with van der Waals surface area (Å²) in [6.45, 7) is 5.24. The molecule has 3 rings (SSSR count). The van der Waals surface area contributed by atoms with Crippen molar-refractivity contribution < 1.29 is 22.9 Å². The largest absolute Gasteiger partial charge is 0.354 e. The number of carbonyl (C=O) groups is 2. The first-order valence-electron chi connectivity index (χ1n) is 12.5. The lowest BCUT2D eigenvalue weighted by Crippen LogP contribution is -2.51. The van der Waals surface area contributed by atoms with Gasteiger partial charge in [0.05, 0.1) is 15.5 Å². The highest BCUT2D eigenvalue weighted by Crippen LogP contribution is 2.26. The average molecular weight is 587 g/mol. The van der Waals surface area contributed by atoms with Crippen LogP contribution in [0.15, 0.2) is 83.8 Å². The lowest BCUT2D eigenvalue weighted by molar-refractivity contribution is -0.384. The number of nitrogens with zero attached hydrogens (tertiary/aromatic N) is 3. The van der Waals surface area contributed by atoms with E-state index in [0.29, 0.717) is 17.1 Å². The zero-order valence-electron chi connectivity index (χ0n) is 22.4. The molecular formula is C28H31ClN4O6S. The van der Waals surface area contributed by atoms with Gasteiger partial charge in [0, 0.05) is 30.2 Å². The number of nitro groups is 1. The number of halogens is 1. The Morgan fingerprint density at radius 1 is 0.950 bits per heavy atom. The normalized spacial score (nSPS) is 12.0. The maximum Gasteiger partial charge on any atom is 0.269 e. The molecule has 0 aromatic heterocycles. The Morgan fingerprint density at radius 2 is 1.55 bits per heavy atom. The topological polar surface area (TPSA) is 130 Å². The van der Waals surface area contributed by atoms with E-state index < -0.39 is 33.4 Å². The van der Waals surface area contributed by atoms with E-state index in [1.165, 1.54) is 41.3 Å².